The summed E-state index contributed by atoms with van der Waals surface area (Å²) in [5.74, 6) is -2.61. The van der Waals surface area contributed by atoms with Crippen LogP contribution in [0.3, 0.4) is 0 Å². The zero-order valence-electron chi connectivity index (χ0n) is 12.1. The summed E-state index contributed by atoms with van der Waals surface area (Å²) in [5, 5.41) is 16.9. The standard InChI is InChI=1S/C15H15N3O4/c1-8(19)13(16)12(21)7-10-3-5-11(6-4-10)18-15(22)14(17)9(2)20/h3-6,16-17H,7H2,1-2H3,(H,18,22). The number of amides is 1. The SMILES string of the molecule is CC(=O)C(=N)C(=O)Cc1ccc(NC(=O)C(=N)C(C)=O)cc1. The summed E-state index contributed by atoms with van der Waals surface area (Å²) in [6.07, 6.45) is -0.0874. The maximum absolute atomic E-state index is 11.6. The maximum atomic E-state index is 11.6. The molecule has 0 spiro atoms. The van der Waals surface area contributed by atoms with Crippen LogP contribution in [-0.4, -0.2) is 34.7 Å². The van der Waals surface area contributed by atoms with Gasteiger partial charge in [-0.15, -0.1) is 0 Å². The van der Waals surface area contributed by atoms with Crippen molar-refractivity contribution in [1.82, 2.24) is 0 Å². The summed E-state index contributed by atoms with van der Waals surface area (Å²) in [7, 11) is 0. The van der Waals surface area contributed by atoms with Crippen LogP contribution >= 0.6 is 0 Å². The van der Waals surface area contributed by atoms with Crippen LogP contribution in [-0.2, 0) is 25.6 Å². The molecule has 0 saturated carbocycles. The largest absolute Gasteiger partial charge is 0.321 e. The maximum Gasteiger partial charge on any atom is 0.277 e. The second-order valence-corrected chi connectivity index (χ2v) is 4.61. The molecule has 1 aromatic carbocycles. The van der Waals surface area contributed by atoms with E-state index in [2.05, 4.69) is 5.32 Å². The van der Waals surface area contributed by atoms with Crippen LogP contribution in [0.2, 0.25) is 0 Å². The van der Waals surface area contributed by atoms with Gasteiger partial charge in [0.1, 0.15) is 5.71 Å². The molecule has 0 aliphatic carbocycles. The highest BCUT2D eigenvalue weighted by Crippen LogP contribution is 2.10. The number of anilines is 1. The van der Waals surface area contributed by atoms with Gasteiger partial charge in [-0.2, -0.15) is 0 Å². The van der Waals surface area contributed by atoms with Crippen LogP contribution in [0.4, 0.5) is 5.69 Å². The normalized spacial score (nSPS) is 9.73. The Kier molecular flexibility index (Phi) is 5.57. The second-order valence-electron chi connectivity index (χ2n) is 4.61. The molecule has 0 radical (unpaired) electrons. The third kappa shape index (κ3) is 4.55. The second kappa shape index (κ2) is 7.16. The van der Waals surface area contributed by atoms with Gasteiger partial charge in [-0.1, -0.05) is 12.1 Å². The molecule has 22 heavy (non-hydrogen) atoms. The van der Waals surface area contributed by atoms with Crippen LogP contribution in [0.15, 0.2) is 24.3 Å². The Balaban J connectivity index is 2.71. The van der Waals surface area contributed by atoms with Gasteiger partial charge in [-0.05, 0) is 17.7 Å². The highest BCUT2D eigenvalue weighted by Gasteiger charge is 2.16. The molecule has 0 aliphatic heterocycles. The number of carbonyl (C=O) groups excluding carboxylic acids is 4. The predicted molar refractivity (Wildman–Crippen MR) is 80.6 cm³/mol. The molecule has 0 aliphatic rings. The van der Waals surface area contributed by atoms with E-state index in [4.69, 9.17) is 10.8 Å². The van der Waals surface area contributed by atoms with Gasteiger partial charge >= 0.3 is 0 Å². The molecule has 114 valence electrons. The molecule has 0 unspecified atom stereocenters. The number of Topliss-reactive ketones (excluding diaryl/α,β-unsaturated/α-hetero) is 3. The van der Waals surface area contributed by atoms with E-state index < -0.39 is 34.7 Å². The highest BCUT2D eigenvalue weighted by atomic mass is 16.2. The van der Waals surface area contributed by atoms with Gasteiger partial charge in [-0.3, -0.25) is 30.0 Å². The summed E-state index contributed by atoms with van der Waals surface area (Å²) in [6.45, 7) is 2.28. The molecule has 7 nitrogen and oxygen atoms in total. The Hall–Kier alpha value is -2.96. The van der Waals surface area contributed by atoms with E-state index in [9.17, 15) is 19.2 Å². The molecular weight excluding hydrogens is 286 g/mol. The molecule has 0 saturated heterocycles. The van der Waals surface area contributed by atoms with E-state index in [-0.39, 0.29) is 6.42 Å². The lowest BCUT2D eigenvalue weighted by Gasteiger charge is -2.06. The number of carbonyl (C=O) groups is 4. The van der Waals surface area contributed by atoms with E-state index in [0.29, 0.717) is 11.3 Å². The van der Waals surface area contributed by atoms with Gasteiger partial charge in [0.05, 0.1) is 0 Å². The summed E-state index contributed by atoms with van der Waals surface area (Å²) in [5.41, 5.74) is -0.245. The molecule has 7 heteroatoms. The fraction of sp³-hybridized carbons (Fsp3) is 0.200. The van der Waals surface area contributed by atoms with Gasteiger partial charge in [0.15, 0.2) is 23.1 Å². The van der Waals surface area contributed by atoms with Crippen molar-refractivity contribution in [3.63, 3.8) is 0 Å². The molecule has 0 fully saturated rings. The monoisotopic (exact) mass is 301 g/mol. The van der Waals surface area contributed by atoms with Crippen LogP contribution in [0, 0.1) is 10.8 Å². The predicted octanol–water partition coefficient (Wildman–Crippen LogP) is 0.954. The lowest BCUT2D eigenvalue weighted by Crippen LogP contribution is -2.27. The van der Waals surface area contributed by atoms with E-state index >= 15 is 0 Å². The summed E-state index contributed by atoms with van der Waals surface area (Å²) < 4.78 is 0. The van der Waals surface area contributed by atoms with Crippen LogP contribution in [0.25, 0.3) is 0 Å². The topological polar surface area (TPSA) is 128 Å². The average molecular weight is 301 g/mol. The van der Waals surface area contributed by atoms with E-state index in [1.165, 1.54) is 12.1 Å². The van der Waals surface area contributed by atoms with Gasteiger partial charge < -0.3 is 5.32 Å². The van der Waals surface area contributed by atoms with Crippen molar-refractivity contribution in [3.05, 3.63) is 29.8 Å². The molecule has 1 rings (SSSR count). The van der Waals surface area contributed by atoms with Crippen molar-refractivity contribution >= 4 is 40.4 Å². The highest BCUT2D eigenvalue weighted by molar-refractivity contribution is 6.66. The quantitative estimate of drug-likeness (QED) is 0.511. The van der Waals surface area contributed by atoms with Crippen molar-refractivity contribution in [1.29, 1.82) is 10.8 Å². The Morgan fingerprint density at radius 3 is 1.86 bits per heavy atom. The number of ketones is 3. The van der Waals surface area contributed by atoms with Crippen molar-refractivity contribution < 1.29 is 19.2 Å². The zero-order chi connectivity index (χ0) is 16.9. The van der Waals surface area contributed by atoms with Gasteiger partial charge in [0.2, 0.25) is 0 Å². The molecule has 0 bridgehead atoms. The third-order valence-corrected chi connectivity index (χ3v) is 2.79. The molecule has 0 heterocycles. The molecule has 0 aromatic heterocycles. The van der Waals surface area contributed by atoms with Crippen LogP contribution in [0.5, 0.6) is 0 Å². The Bertz CT molecular complexity index is 616. The number of nitrogens with one attached hydrogen (secondary N) is 3. The first-order valence-electron chi connectivity index (χ1n) is 6.34. The first-order valence-corrected chi connectivity index (χ1v) is 6.34. The summed E-state index contributed by atoms with van der Waals surface area (Å²) >= 11 is 0. The van der Waals surface area contributed by atoms with Crippen molar-refractivity contribution in [2.24, 2.45) is 0 Å². The van der Waals surface area contributed by atoms with Crippen molar-refractivity contribution in [3.8, 4) is 0 Å². The lowest BCUT2D eigenvalue weighted by molar-refractivity contribution is -0.116. The summed E-state index contributed by atoms with van der Waals surface area (Å²) in [6, 6.07) is 6.12. The average Bonchev–Trinajstić information content (AvgIpc) is 2.47. The zero-order valence-corrected chi connectivity index (χ0v) is 12.1. The minimum Gasteiger partial charge on any atom is -0.321 e. The lowest BCUT2D eigenvalue weighted by atomic mass is 10.0. The van der Waals surface area contributed by atoms with Gasteiger partial charge in [0.25, 0.3) is 5.91 Å². The Morgan fingerprint density at radius 2 is 1.41 bits per heavy atom. The number of benzene rings is 1. The molecule has 1 amide bonds. The minimum atomic E-state index is -0.810. The third-order valence-electron chi connectivity index (χ3n) is 2.79. The Labute approximate surface area is 126 Å². The molecule has 3 N–H and O–H groups in total. The molecular formula is C15H15N3O4. The summed E-state index contributed by atoms with van der Waals surface area (Å²) in [4.78, 5) is 44.9. The smallest absolute Gasteiger partial charge is 0.277 e. The first-order chi connectivity index (χ1) is 10.2. The first kappa shape index (κ1) is 17.1. The Morgan fingerprint density at radius 1 is 0.909 bits per heavy atom. The number of rotatable bonds is 7. The number of hydrogen-bond acceptors (Lipinski definition) is 6. The van der Waals surface area contributed by atoms with Gasteiger partial charge in [0, 0.05) is 26.0 Å². The van der Waals surface area contributed by atoms with E-state index in [1.54, 1.807) is 12.1 Å². The van der Waals surface area contributed by atoms with E-state index in [1.807, 2.05) is 0 Å². The van der Waals surface area contributed by atoms with Crippen molar-refractivity contribution in [2.75, 3.05) is 5.32 Å². The number of hydrogen-bond donors (Lipinski definition) is 3. The van der Waals surface area contributed by atoms with Crippen molar-refractivity contribution in [2.45, 2.75) is 20.3 Å². The molecule has 1 aromatic rings. The van der Waals surface area contributed by atoms with Crippen LogP contribution in [0.1, 0.15) is 19.4 Å². The molecule has 0 atom stereocenters. The fourth-order valence-corrected chi connectivity index (χ4v) is 1.53. The van der Waals surface area contributed by atoms with E-state index in [0.717, 1.165) is 13.8 Å². The van der Waals surface area contributed by atoms with Gasteiger partial charge in [-0.25, -0.2) is 0 Å². The fourth-order valence-electron chi connectivity index (χ4n) is 1.53. The minimum absolute atomic E-state index is 0.0874. The van der Waals surface area contributed by atoms with Crippen LogP contribution < -0.4 is 5.32 Å².